The highest BCUT2D eigenvalue weighted by Crippen LogP contribution is 2.22. The van der Waals surface area contributed by atoms with Crippen LogP contribution in [0.4, 0.5) is 5.95 Å². The molecule has 0 atom stereocenters. The van der Waals surface area contributed by atoms with Crippen molar-refractivity contribution in [3.05, 3.63) is 72.2 Å². The Bertz CT molecular complexity index is 807. The molecule has 0 aliphatic heterocycles. The molecule has 0 radical (unpaired) electrons. The molecule has 0 amide bonds. The number of pyridine rings is 1. The summed E-state index contributed by atoms with van der Waals surface area (Å²) in [5.41, 5.74) is 2.24. The van der Waals surface area contributed by atoms with Crippen molar-refractivity contribution in [2.75, 3.05) is 5.32 Å². The van der Waals surface area contributed by atoms with E-state index in [-0.39, 0.29) is 5.56 Å². The van der Waals surface area contributed by atoms with Gasteiger partial charge >= 0.3 is 5.97 Å². The zero-order chi connectivity index (χ0) is 16.1. The number of nitrogens with zero attached hydrogens (tertiary/aromatic N) is 3. The predicted molar refractivity (Wildman–Crippen MR) is 86.0 cm³/mol. The van der Waals surface area contributed by atoms with E-state index in [4.69, 9.17) is 0 Å². The van der Waals surface area contributed by atoms with Crippen molar-refractivity contribution in [2.24, 2.45) is 0 Å². The summed E-state index contributed by atoms with van der Waals surface area (Å²) in [7, 11) is 0. The Labute approximate surface area is 132 Å². The average molecular weight is 306 g/mol. The number of aromatic carboxylic acids is 1. The molecule has 6 nitrogen and oxygen atoms in total. The van der Waals surface area contributed by atoms with E-state index in [9.17, 15) is 9.90 Å². The zero-order valence-electron chi connectivity index (χ0n) is 12.2. The van der Waals surface area contributed by atoms with Gasteiger partial charge in [0, 0.05) is 30.7 Å². The van der Waals surface area contributed by atoms with E-state index in [0.717, 1.165) is 11.1 Å². The molecule has 0 aliphatic carbocycles. The first kappa shape index (κ1) is 14.6. The first-order valence-electron chi connectivity index (χ1n) is 7.02. The Morgan fingerprint density at radius 3 is 2.52 bits per heavy atom. The van der Waals surface area contributed by atoms with Crippen LogP contribution in [0.3, 0.4) is 0 Å². The SMILES string of the molecule is O=C(O)c1cnc(NCc2ccncc2)nc1-c1ccccc1. The van der Waals surface area contributed by atoms with Crippen molar-refractivity contribution < 1.29 is 9.90 Å². The normalized spacial score (nSPS) is 10.3. The Morgan fingerprint density at radius 1 is 1.09 bits per heavy atom. The zero-order valence-corrected chi connectivity index (χ0v) is 12.2. The molecule has 23 heavy (non-hydrogen) atoms. The maximum Gasteiger partial charge on any atom is 0.339 e. The smallest absolute Gasteiger partial charge is 0.339 e. The number of aromatic nitrogens is 3. The molecule has 0 saturated heterocycles. The summed E-state index contributed by atoms with van der Waals surface area (Å²) in [4.78, 5) is 23.8. The summed E-state index contributed by atoms with van der Waals surface area (Å²) in [6.45, 7) is 0.531. The van der Waals surface area contributed by atoms with Gasteiger partial charge in [-0.05, 0) is 17.7 Å². The van der Waals surface area contributed by atoms with Gasteiger partial charge in [-0.15, -0.1) is 0 Å². The van der Waals surface area contributed by atoms with Crippen LogP contribution in [0.2, 0.25) is 0 Å². The maximum absolute atomic E-state index is 11.4. The van der Waals surface area contributed by atoms with E-state index in [1.807, 2.05) is 42.5 Å². The number of carbonyl (C=O) groups is 1. The van der Waals surface area contributed by atoms with Gasteiger partial charge < -0.3 is 10.4 Å². The van der Waals surface area contributed by atoms with Crippen molar-refractivity contribution in [2.45, 2.75) is 6.54 Å². The van der Waals surface area contributed by atoms with Crippen LogP contribution in [0.1, 0.15) is 15.9 Å². The van der Waals surface area contributed by atoms with Crippen molar-refractivity contribution in [1.82, 2.24) is 15.0 Å². The van der Waals surface area contributed by atoms with Gasteiger partial charge in [0.1, 0.15) is 5.56 Å². The van der Waals surface area contributed by atoms with Gasteiger partial charge in [0.2, 0.25) is 5.95 Å². The van der Waals surface area contributed by atoms with Gasteiger partial charge in [0.05, 0.1) is 5.69 Å². The van der Waals surface area contributed by atoms with Crippen molar-refractivity contribution in [1.29, 1.82) is 0 Å². The predicted octanol–water partition coefficient (Wildman–Crippen LogP) is 2.85. The van der Waals surface area contributed by atoms with E-state index in [1.54, 1.807) is 12.4 Å². The maximum atomic E-state index is 11.4. The molecule has 2 aromatic heterocycles. The molecule has 6 heteroatoms. The molecular weight excluding hydrogens is 292 g/mol. The molecular formula is C17H14N4O2. The van der Waals surface area contributed by atoms with E-state index in [0.29, 0.717) is 18.2 Å². The van der Waals surface area contributed by atoms with Crippen LogP contribution in [0, 0.1) is 0 Å². The summed E-state index contributed by atoms with van der Waals surface area (Å²) in [6, 6.07) is 13.0. The van der Waals surface area contributed by atoms with Gasteiger partial charge in [0.15, 0.2) is 0 Å². The summed E-state index contributed by atoms with van der Waals surface area (Å²) in [6.07, 6.45) is 4.74. The van der Waals surface area contributed by atoms with Crippen LogP contribution < -0.4 is 5.32 Å². The molecule has 0 fully saturated rings. The number of anilines is 1. The Morgan fingerprint density at radius 2 is 1.83 bits per heavy atom. The number of rotatable bonds is 5. The number of benzene rings is 1. The standard InChI is InChI=1S/C17H14N4O2/c22-16(23)14-11-20-17(19-10-12-6-8-18-9-7-12)21-15(14)13-4-2-1-3-5-13/h1-9,11H,10H2,(H,22,23)(H,19,20,21). The highest BCUT2D eigenvalue weighted by molar-refractivity contribution is 5.94. The minimum atomic E-state index is -1.05. The molecule has 0 bridgehead atoms. The summed E-state index contributed by atoms with van der Waals surface area (Å²) < 4.78 is 0. The Balaban J connectivity index is 1.90. The third-order valence-electron chi connectivity index (χ3n) is 3.27. The van der Waals surface area contributed by atoms with Crippen LogP contribution in [-0.4, -0.2) is 26.0 Å². The second-order valence-electron chi connectivity index (χ2n) is 4.84. The quantitative estimate of drug-likeness (QED) is 0.753. The molecule has 0 unspecified atom stereocenters. The first-order valence-corrected chi connectivity index (χ1v) is 7.02. The highest BCUT2D eigenvalue weighted by atomic mass is 16.4. The second-order valence-corrected chi connectivity index (χ2v) is 4.84. The lowest BCUT2D eigenvalue weighted by Gasteiger charge is -2.09. The van der Waals surface area contributed by atoms with Gasteiger partial charge in [-0.1, -0.05) is 30.3 Å². The van der Waals surface area contributed by atoms with Crippen molar-refractivity contribution in [3.63, 3.8) is 0 Å². The van der Waals surface area contributed by atoms with Crippen LogP contribution in [0.25, 0.3) is 11.3 Å². The van der Waals surface area contributed by atoms with E-state index in [1.165, 1.54) is 6.20 Å². The fourth-order valence-corrected chi connectivity index (χ4v) is 2.12. The van der Waals surface area contributed by atoms with Crippen molar-refractivity contribution >= 4 is 11.9 Å². The minimum absolute atomic E-state index is 0.0747. The minimum Gasteiger partial charge on any atom is -0.478 e. The van der Waals surface area contributed by atoms with E-state index < -0.39 is 5.97 Å². The number of carboxylic acids is 1. The number of hydrogen-bond donors (Lipinski definition) is 2. The molecule has 1 aromatic carbocycles. The molecule has 0 aliphatic rings. The molecule has 3 rings (SSSR count). The number of hydrogen-bond acceptors (Lipinski definition) is 5. The fraction of sp³-hybridized carbons (Fsp3) is 0.0588. The van der Waals surface area contributed by atoms with Crippen LogP contribution in [0.15, 0.2) is 61.1 Å². The Kier molecular flexibility index (Phi) is 4.24. The van der Waals surface area contributed by atoms with Gasteiger partial charge in [-0.3, -0.25) is 4.98 Å². The molecule has 2 heterocycles. The van der Waals surface area contributed by atoms with Gasteiger partial charge in [-0.2, -0.15) is 0 Å². The number of nitrogens with one attached hydrogen (secondary N) is 1. The first-order chi connectivity index (χ1) is 11.2. The van der Waals surface area contributed by atoms with E-state index >= 15 is 0 Å². The lowest BCUT2D eigenvalue weighted by molar-refractivity contribution is 0.0697. The highest BCUT2D eigenvalue weighted by Gasteiger charge is 2.15. The van der Waals surface area contributed by atoms with Crippen LogP contribution in [-0.2, 0) is 6.54 Å². The lowest BCUT2D eigenvalue weighted by atomic mass is 10.1. The third kappa shape index (κ3) is 3.49. The van der Waals surface area contributed by atoms with E-state index in [2.05, 4.69) is 20.3 Å². The summed E-state index contributed by atoms with van der Waals surface area (Å²) in [5, 5.41) is 12.4. The molecule has 2 N–H and O–H groups in total. The van der Waals surface area contributed by atoms with Crippen molar-refractivity contribution in [3.8, 4) is 11.3 Å². The molecule has 0 spiro atoms. The number of carboxylic acid groups (broad SMARTS) is 1. The van der Waals surface area contributed by atoms with Gasteiger partial charge in [0.25, 0.3) is 0 Å². The Hall–Kier alpha value is -3.28. The van der Waals surface area contributed by atoms with Crippen LogP contribution >= 0.6 is 0 Å². The molecule has 114 valence electrons. The largest absolute Gasteiger partial charge is 0.478 e. The lowest BCUT2D eigenvalue weighted by Crippen LogP contribution is -2.08. The summed E-state index contributed by atoms with van der Waals surface area (Å²) in [5.74, 6) is -0.671. The topological polar surface area (TPSA) is 88.0 Å². The monoisotopic (exact) mass is 306 g/mol. The second kappa shape index (κ2) is 6.65. The molecule has 0 saturated carbocycles. The molecule has 3 aromatic rings. The van der Waals surface area contributed by atoms with Gasteiger partial charge in [-0.25, -0.2) is 14.8 Å². The van der Waals surface area contributed by atoms with Crippen LogP contribution in [0.5, 0.6) is 0 Å². The average Bonchev–Trinajstić information content (AvgIpc) is 2.61. The third-order valence-corrected chi connectivity index (χ3v) is 3.27. The fourth-order valence-electron chi connectivity index (χ4n) is 2.12. The summed E-state index contributed by atoms with van der Waals surface area (Å²) >= 11 is 0.